The first-order valence-electron chi connectivity index (χ1n) is 6.04. The van der Waals surface area contributed by atoms with Crippen molar-refractivity contribution >= 4 is 11.8 Å². The van der Waals surface area contributed by atoms with E-state index < -0.39 is 11.5 Å². The molecule has 6 heteroatoms. The Kier molecular flexibility index (Phi) is 3.64. The summed E-state index contributed by atoms with van der Waals surface area (Å²) in [6.07, 6.45) is 7.14. The van der Waals surface area contributed by atoms with E-state index in [1.54, 1.807) is 0 Å². The van der Waals surface area contributed by atoms with E-state index in [0.717, 1.165) is 19.3 Å². The molecule has 0 amide bonds. The highest BCUT2D eigenvalue weighted by atomic mass is 16.5. The number of nitrogens with zero attached hydrogens (tertiary/aromatic N) is 2. The van der Waals surface area contributed by atoms with Crippen molar-refractivity contribution in [1.82, 2.24) is 9.97 Å². The average molecular weight is 251 g/mol. The lowest BCUT2D eigenvalue weighted by atomic mass is 9.81. The summed E-state index contributed by atoms with van der Waals surface area (Å²) < 4.78 is 4.98. The van der Waals surface area contributed by atoms with Gasteiger partial charge in [0, 0.05) is 0 Å². The van der Waals surface area contributed by atoms with Gasteiger partial charge in [-0.1, -0.05) is 19.3 Å². The van der Waals surface area contributed by atoms with Crippen LogP contribution in [0.1, 0.15) is 32.1 Å². The molecule has 98 valence electrons. The van der Waals surface area contributed by atoms with Crippen LogP contribution in [0.2, 0.25) is 0 Å². The van der Waals surface area contributed by atoms with E-state index in [1.807, 2.05) is 0 Å². The van der Waals surface area contributed by atoms with Gasteiger partial charge in [0.15, 0.2) is 0 Å². The minimum atomic E-state index is -0.917. The maximum absolute atomic E-state index is 11.5. The van der Waals surface area contributed by atoms with Crippen LogP contribution >= 0.6 is 0 Å². The zero-order chi connectivity index (χ0) is 13.0. The first-order valence-corrected chi connectivity index (χ1v) is 6.04. The van der Waals surface area contributed by atoms with Crippen LogP contribution in [0, 0.1) is 0 Å². The molecule has 0 unspecified atom stereocenters. The molecule has 2 rings (SSSR count). The third kappa shape index (κ3) is 2.52. The molecular weight excluding hydrogens is 234 g/mol. The molecule has 1 saturated carbocycles. The third-order valence-corrected chi connectivity index (χ3v) is 3.31. The summed E-state index contributed by atoms with van der Waals surface area (Å²) in [5.74, 6) is -0.0122. The van der Waals surface area contributed by atoms with Gasteiger partial charge in [-0.3, -0.25) is 4.98 Å². The molecule has 6 nitrogen and oxygen atoms in total. The summed E-state index contributed by atoms with van der Waals surface area (Å²) >= 11 is 0. The second-order valence-electron chi connectivity index (χ2n) is 4.52. The number of hydrogen-bond acceptors (Lipinski definition) is 5. The summed E-state index contributed by atoms with van der Waals surface area (Å²) in [6, 6.07) is 0. The molecule has 0 aliphatic heterocycles. The SMILES string of the molecule is COc1cncc(NC2(C(=O)O)CCCCC2)n1. The summed E-state index contributed by atoms with van der Waals surface area (Å²) in [5.41, 5.74) is -0.917. The molecule has 0 atom stereocenters. The van der Waals surface area contributed by atoms with Crippen LogP contribution < -0.4 is 10.1 Å². The molecule has 0 radical (unpaired) electrons. The number of ether oxygens (including phenoxy) is 1. The highest BCUT2D eigenvalue weighted by molar-refractivity contribution is 5.82. The first kappa shape index (κ1) is 12.6. The second kappa shape index (κ2) is 5.20. The normalized spacial score (nSPS) is 18.1. The molecule has 1 aliphatic rings. The Morgan fingerprint density at radius 2 is 2.11 bits per heavy atom. The van der Waals surface area contributed by atoms with Crippen molar-refractivity contribution in [3.05, 3.63) is 12.4 Å². The summed E-state index contributed by atoms with van der Waals surface area (Å²) in [7, 11) is 1.50. The van der Waals surface area contributed by atoms with E-state index in [0.29, 0.717) is 24.5 Å². The maximum atomic E-state index is 11.5. The monoisotopic (exact) mass is 251 g/mol. The van der Waals surface area contributed by atoms with Crippen LogP contribution in [0.3, 0.4) is 0 Å². The average Bonchev–Trinajstić information content (AvgIpc) is 2.40. The number of carboxylic acid groups (broad SMARTS) is 1. The van der Waals surface area contributed by atoms with Gasteiger partial charge >= 0.3 is 5.97 Å². The van der Waals surface area contributed by atoms with Gasteiger partial charge in [-0.2, -0.15) is 4.98 Å². The highest BCUT2D eigenvalue weighted by Gasteiger charge is 2.39. The number of carboxylic acids is 1. The van der Waals surface area contributed by atoms with Crippen molar-refractivity contribution in [1.29, 1.82) is 0 Å². The van der Waals surface area contributed by atoms with Crippen molar-refractivity contribution in [3.63, 3.8) is 0 Å². The molecule has 1 aromatic rings. The smallest absolute Gasteiger partial charge is 0.329 e. The number of aromatic nitrogens is 2. The predicted octanol–water partition coefficient (Wildman–Crippen LogP) is 1.68. The Labute approximate surface area is 105 Å². The fourth-order valence-corrected chi connectivity index (χ4v) is 2.30. The van der Waals surface area contributed by atoms with E-state index in [1.165, 1.54) is 19.5 Å². The number of rotatable bonds is 4. The molecule has 0 spiro atoms. The van der Waals surface area contributed by atoms with Crippen LogP contribution in [0.4, 0.5) is 5.82 Å². The van der Waals surface area contributed by atoms with Crippen molar-refractivity contribution in [2.45, 2.75) is 37.6 Å². The lowest BCUT2D eigenvalue weighted by Gasteiger charge is -2.34. The van der Waals surface area contributed by atoms with Gasteiger partial charge in [-0.25, -0.2) is 4.79 Å². The minimum Gasteiger partial charge on any atom is -0.480 e. The molecule has 1 aromatic heterocycles. The predicted molar refractivity (Wildman–Crippen MR) is 65.7 cm³/mol. The van der Waals surface area contributed by atoms with Crippen molar-refractivity contribution in [3.8, 4) is 5.88 Å². The van der Waals surface area contributed by atoms with Gasteiger partial charge < -0.3 is 15.2 Å². The number of methoxy groups -OCH3 is 1. The van der Waals surface area contributed by atoms with Gasteiger partial charge in [0.2, 0.25) is 5.88 Å². The summed E-state index contributed by atoms with van der Waals surface area (Å²) in [5, 5.41) is 12.5. The van der Waals surface area contributed by atoms with Crippen molar-refractivity contribution in [2.24, 2.45) is 0 Å². The largest absolute Gasteiger partial charge is 0.480 e. The summed E-state index contributed by atoms with van der Waals surface area (Å²) in [4.78, 5) is 19.6. The Balaban J connectivity index is 2.20. The minimum absolute atomic E-state index is 0.372. The number of carbonyl (C=O) groups is 1. The Bertz CT molecular complexity index is 430. The molecule has 2 N–H and O–H groups in total. The van der Waals surface area contributed by atoms with Crippen LogP contribution in [0.15, 0.2) is 12.4 Å². The lowest BCUT2D eigenvalue weighted by Crippen LogP contribution is -2.48. The van der Waals surface area contributed by atoms with E-state index >= 15 is 0 Å². The van der Waals surface area contributed by atoms with Crippen LogP contribution in [-0.2, 0) is 4.79 Å². The first-order chi connectivity index (χ1) is 8.66. The molecule has 1 fully saturated rings. The quantitative estimate of drug-likeness (QED) is 0.847. The fraction of sp³-hybridized carbons (Fsp3) is 0.583. The van der Waals surface area contributed by atoms with E-state index in [4.69, 9.17) is 4.74 Å². The summed E-state index contributed by atoms with van der Waals surface area (Å²) in [6.45, 7) is 0. The highest BCUT2D eigenvalue weighted by Crippen LogP contribution is 2.31. The number of nitrogens with one attached hydrogen (secondary N) is 1. The van der Waals surface area contributed by atoms with Gasteiger partial charge in [0.1, 0.15) is 11.4 Å². The fourth-order valence-electron chi connectivity index (χ4n) is 2.30. The Morgan fingerprint density at radius 1 is 1.39 bits per heavy atom. The maximum Gasteiger partial charge on any atom is 0.329 e. The van der Waals surface area contributed by atoms with E-state index in [9.17, 15) is 9.90 Å². The third-order valence-electron chi connectivity index (χ3n) is 3.31. The van der Waals surface area contributed by atoms with Gasteiger partial charge in [-0.15, -0.1) is 0 Å². The standard InChI is InChI=1S/C12H17N3O3/c1-18-10-8-13-7-9(14-10)15-12(11(16)17)5-3-2-4-6-12/h7-8H,2-6H2,1H3,(H,14,15)(H,16,17). The number of hydrogen-bond donors (Lipinski definition) is 2. The van der Waals surface area contributed by atoms with E-state index in [2.05, 4.69) is 15.3 Å². The zero-order valence-electron chi connectivity index (χ0n) is 10.3. The molecule has 0 saturated heterocycles. The van der Waals surface area contributed by atoms with E-state index in [-0.39, 0.29) is 0 Å². The number of aliphatic carboxylic acids is 1. The van der Waals surface area contributed by atoms with Crippen molar-refractivity contribution < 1.29 is 14.6 Å². The van der Waals surface area contributed by atoms with Crippen LogP contribution in [-0.4, -0.2) is 33.7 Å². The van der Waals surface area contributed by atoms with Crippen LogP contribution in [0.5, 0.6) is 5.88 Å². The second-order valence-corrected chi connectivity index (χ2v) is 4.52. The Morgan fingerprint density at radius 3 is 2.72 bits per heavy atom. The Hall–Kier alpha value is -1.85. The molecule has 0 aromatic carbocycles. The molecule has 18 heavy (non-hydrogen) atoms. The van der Waals surface area contributed by atoms with Crippen LogP contribution in [0.25, 0.3) is 0 Å². The lowest BCUT2D eigenvalue weighted by molar-refractivity contribution is -0.143. The molecule has 1 heterocycles. The van der Waals surface area contributed by atoms with Gasteiger partial charge in [-0.05, 0) is 12.8 Å². The van der Waals surface area contributed by atoms with Gasteiger partial charge in [0.25, 0.3) is 0 Å². The zero-order valence-corrected chi connectivity index (χ0v) is 10.3. The molecule has 1 aliphatic carbocycles. The number of anilines is 1. The molecule has 0 bridgehead atoms. The van der Waals surface area contributed by atoms with Gasteiger partial charge in [0.05, 0.1) is 19.5 Å². The van der Waals surface area contributed by atoms with Crippen molar-refractivity contribution in [2.75, 3.05) is 12.4 Å². The topological polar surface area (TPSA) is 84.3 Å². The molecular formula is C12H17N3O3.